The van der Waals surface area contributed by atoms with Crippen molar-refractivity contribution in [1.82, 2.24) is 4.98 Å². The zero-order chi connectivity index (χ0) is 16.5. The number of anilines is 1. The molecule has 2 aromatic rings. The van der Waals surface area contributed by atoms with Gasteiger partial charge in [-0.25, -0.2) is 0 Å². The summed E-state index contributed by atoms with van der Waals surface area (Å²) in [6.45, 7) is 2.69. The topological polar surface area (TPSA) is 60.5 Å². The Balaban J connectivity index is 2.02. The van der Waals surface area contributed by atoms with Gasteiger partial charge in [-0.1, -0.05) is 13.0 Å². The molecule has 2 rings (SSSR count). The lowest BCUT2D eigenvalue weighted by Crippen LogP contribution is -2.07. The van der Waals surface area contributed by atoms with E-state index in [1.165, 1.54) is 6.08 Å². The Morgan fingerprint density at radius 3 is 2.70 bits per heavy atom. The summed E-state index contributed by atoms with van der Waals surface area (Å²) in [5.74, 6) is 1.14. The second kappa shape index (κ2) is 8.58. The third-order valence-electron chi connectivity index (χ3n) is 3.02. The summed E-state index contributed by atoms with van der Waals surface area (Å²) in [4.78, 5) is 15.8. The van der Waals surface area contributed by atoms with E-state index in [1.807, 2.05) is 25.1 Å². The summed E-state index contributed by atoms with van der Waals surface area (Å²) in [7, 11) is 1.60. The van der Waals surface area contributed by atoms with E-state index in [2.05, 4.69) is 10.3 Å². The Hall–Kier alpha value is -2.82. The van der Waals surface area contributed by atoms with Crippen LogP contribution in [0.2, 0.25) is 0 Å². The molecule has 23 heavy (non-hydrogen) atoms. The molecule has 1 aromatic carbocycles. The highest BCUT2D eigenvalue weighted by molar-refractivity contribution is 6.01. The van der Waals surface area contributed by atoms with Crippen LogP contribution in [0, 0.1) is 0 Å². The van der Waals surface area contributed by atoms with Crippen molar-refractivity contribution >= 4 is 17.7 Å². The van der Waals surface area contributed by atoms with Gasteiger partial charge in [-0.05, 0) is 42.3 Å². The maximum absolute atomic E-state index is 11.9. The highest BCUT2D eigenvalue weighted by Gasteiger charge is 2.04. The molecule has 0 fully saturated rings. The summed E-state index contributed by atoms with van der Waals surface area (Å²) < 4.78 is 10.9. The Labute approximate surface area is 136 Å². The molecular formula is C18H20N2O3. The molecule has 0 bridgehead atoms. The second-order valence-electron chi connectivity index (χ2n) is 4.82. The highest BCUT2D eigenvalue weighted by atomic mass is 16.5. The zero-order valence-corrected chi connectivity index (χ0v) is 13.3. The number of carbonyl (C=O) groups excluding carboxylic acids is 1. The van der Waals surface area contributed by atoms with Crippen molar-refractivity contribution in [3.63, 3.8) is 0 Å². The summed E-state index contributed by atoms with van der Waals surface area (Å²) in [5, 5.41) is 2.76. The van der Waals surface area contributed by atoms with E-state index in [-0.39, 0.29) is 5.91 Å². The first-order valence-electron chi connectivity index (χ1n) is 7.43. The Bertz CT molecular complexity index is 669. The van der Waals surface area contributed by atoms with E-state index in [9.17, 15) is 4.79 Å². The molecule has 0 aliphatic rings. The molecule has 0 unspecified atom stereocenters. The maximum Gasteiger partial charge on any atom is 0.248 e. The fourth-order valence-corrected chi connectivity index (χ4v) is 1.91. The smallest absolute Gasteiger partial charge is 0.248 e. The summed E-state index contributed by atoms with van der Waals surface area (Å²) >= 11 is 0. The van der Waals surface area contributed by atoms with Gasteiger partial charge in [-0.3, -0.25) is 9.78 Å². The van der Waals surface area contributed by atoms with Crippen LogP contribution in [0.3, 0.4) is 0 Å². The lowest BCUT2D eigenvalue weighted by atomic mass is 10.2. The number of amides is 1. The van der Waals surface area contributed by atoms with E-state index in [1.54, 1.807) is 37.7 Å². The summed E-state index contributed by atoms with van der Waals surface area (Å²) in [6.07, 6.45) is 7.38. The van der Waals surface area contributed by atoms with Gasteiger partial charge in [0.05, 0.1) is 13.7 Å². The molecule has 0 spiro atoms. The van der Waals surface area contributed by atoms with Crippen molar-refractivity contribution in [3.8, 4) is 11.5 Å². The molecule has 1 amide bonds. The molecule has 0 aliphatic heterocycles. The minimum Gasteiger partial charge on any atom is -0.493 e. The van der Waals surface area contributed by atoms with Crippen LogP contribution < -0.4 is 14.8 Å². The average Bonchev–Trinajstić information content (AvgIpc) is 2.59. The average molecular weight is 312 g/mol. The fraction of sp³-hybridized carbons (Fsp3) is 0.222. The fourth-order valence-electron chi connectivity index (χ4n) is 1.91. The van der Waals surface area contributed by atoms with E-state index in [0.29, 0.717) is 23.8 Å². The van der Waals surface area contributed by atoms with Crippen molar-refractivity contribution in [2.75, 3.05) is 19.0 Å². The van der Waals surface area contributed by atoms with Crippen molar-refractivity contribution in [3.05, 3.63) is 54.4 Å². The highest BCUT2D eigenvalue weighted by Crippen LogP contribution is 2.28. The van der Waals surface area contributed by atoms with Crippen LogP contribution in [0.4, 0.5) is 5.69 Å². The first kappa shape index (κ1) is 16.5. The molecule has 0 atom stereocenters. The third kappa shape index (κ3) is 5.14. The molecule has 0 aliphatic carbocycles. The molecular weight excluding hydrogens is 292 g/mol. The minimum atomic E-state index is -0.207. The molecule has 1 heterocycles. The number of hydrogen-bond acceptors (Lipinski definition) is 4. The number of nitrogens with zero attached hydrogens (tertiary/aromatic N) is 1. The number of nitrogens with one attached hydrogen (secondary N) is 1. The number of rotatable bonds is 7. The van der Waals surface area contributed by atoms with Gasteiger partial charge >= 0.3 is 0 Å². The lowest BCUT2D eigenvalue weighted by Gasteiger charge is -2.10. The van der Waals surface area contributed by atoms with Crippen molar-refractivity contribution in [2.24, 2.45) is 0 Å². The van der Waals surface area contributed by atoms with Crippen molar-refractivity contribution in [1.29, 1.82) is 0 Å². The third-order valence-corrected chi connectivity index (χ3v) is 3.02. The van der Waals surface area contributed by atoms with Crippen LogP contribution in [-0.4, -0.2) is 24.6 Å². The van der Waals surface area contributed by atoms with Crippen LogP contribution in [0.15, 0.2) is 48.8 Å². The van der Waals surface area contributed by atoms with Gasteiger partial charge in [0.15, 0.2) is 11.5 Å². The van der Waals surface area contributed by atoms with Crippen LogP contribution in [0.1, 0.15) is 18.9 Å². The molecule has 1 aromatic heterocycles. The van der Waals surface area contributed by atoms with Gasteiger partial charge in [0.2, 0.25) is 5.91 Å². The Morgan fingerprint density at radius 1 is 1.22 bits per heavy atom. The monoisotopic (exact) mass is 312 g/mol. The van der Waals surface area contributed by atoms with E-state index >= 15 is 0 Å². The first-order chi connectivity index (χ1) is 11.2. The predicted octanol–water partition coefficient (Wildman–Crippen LogP) is 3.53. The number of aromatic nitrogens is 1. The van der Waals surface area contributed by atoms with Gasteiger partial charge in [-0.15, -0.1) is 0 Å². The zero-order valence-electron chi connectivity index (χ0n) is 13.3. The number of methoxy groups -OCH3 is 1. The first-order valence-corrected chi connectivity index (χ1v) is 7.43. The Morgan fingerprint density at radius 2 is 2.00 bits per heavy atom. The van der Waals surface area contributed by atoms with E-state index in [4.69, 9.17) is 9.47 Å². The van der Waals surface area contributed by atoms with Crippen LogP contribution in [0.5, 0.6) is 11.5 Å². The largest absolute Gasteiger partial charge is 0.493 e. The lowest BCUT2D eigenvalue weighted by molar-refractivity contribution is -0.111. The Kier molecular flexibility index (Phi) is 6.17. The minimum absolute atomic E-state index is 0.207. The second-order valence-corrected chi connectivity index (χ2v) is 4.82. The molecule has 120 valence electrons. The van der Waals surface area contributed by atoms with Crippen molar-refractivity contribution in [2.45, 2.75) is 13.3 Å². The number of carbonyl (C=O) groups is 1. The molecule has 5 nitrogen and oxygen atoms in total. The molecule has 1 N–H and O–H groups in total. The van der Waals surface area contributed by atoms with Crippen molar-refractivity contribution < 1.29 is 14.3 Å². The number of ether oxygens (including phenoxy) is 2. The maximum atomic E-state index is 11.9. The standard InChI is InChI=1S/C18H20N2O3/c1-3-12-23-16-6-4-14(13-17(16)22-2)5-7-18(21)20-15-8-10-19-11-9-15/h4-11,13H,3,12H2,1-2H3,(H,19,20,21)/b7-5+. The van der Waals surface area contributed by atoms with Gasteiger partial charge in [0.25, 0.3) is 0 Å². The van der Waals surface area contributed by atoms with Crippen LogP contribution in [-0.2, 0) is 4.79 Å². The molecule has 5 heteroatoms. The summed E-state index contributed by atoms with van der Waals surface area (Å²) in [5.41, 5.74) is 1.56. The van der Waals surface area contributed by atoms with E-state index in [0.717, 1.165) is 12.0 Å². The predicted molar refractivity (Wildman–Crippen MR) is 90.7 cm³/mol. The summed E-state index contributed by atoms with van der Waals surface area (Å²) in [6, 6.07) is 9.02. The number of benzene rings is 1. The number of hydrogen-bond donors (Lipinski definition) is 1. The SMILES string of the molecule is CCCOc1ccc(/C=C/C(=O)Nc2ccncc2)cc1OC. The van der Waals surface area contributed by atoms with Gasteiger partial charge in [0, 0.05) is 24.2 Å². The van der Waals surface area contributed by atoms with E-state index < -0.39 is 0 Å². The van der Waals surface area contributed by atoms with Crippen LogP contribution in [0.25, 0.3) is 6.08 Å². The number of pyridine rings is 1. The molecule has 0 saturated carbocycles. The van der Waals surface area contributed by atoms with Gasteiger partial charge in [-0.2, -0.15) is 0 Å². The van der Waals surface area contributed by atoms with Gasteiger partial charge in [0.1, 0.15) is 0 Å². The molecule has 0 radical (unpaired) electrons. The molecule has 0 saturated heterocycles. The van der Waals surface area contributed by atoms with Gasteiger partial charge < -0.3 is 14.8 Å². The quantitative estimate of drug-likeness (QED) is 0.795. The normalized spacial score (nSPS) is 10.5. The van der Waals surface area contributed by atoms with Crippen LogP contribution >= 0.6 is 0 Å².